The van der Waals surface area contributed by atoms with Gasteiger partial charge < -0.3 is 4.90 Å². The van der Waals surface area contributed by atoms with Gasteiger partial charge in [0, 0.05) is 13.1 Å². The van der Waals surface area contributed by atoms with Crippen LogP contribution in [0.15, 0.2) is 47.3 Å². The minimum absolute atomic E-state index is 0.0985. The number of hydrogen-bond acceptors (Lipinski definition) is 3. The molecule has 1 aromatic heterocycles. The fourth-order valence-corrected chi connectivity index (χ4v) is 6.09. The third-order valence-corrected chi connectivity index (χ3v) is 8.47. The van der Waals surface area contributed by atoms with Crippen molar-refractivity contribution in [2.45, 2.75) is 46.0 Å². The van der Waals surface area contributed by atoms with Crippen molar-refractivity contribution < 1.29 is 0 Å². The second-order valence-corrected chi connectivity index (χ2v) is 10.1. The molecule has 2 aliphatic rings. The first-order valence-corrected chi connectivity index (χ1v) is 12.0. The average molecular weight is 468 g/mol. The minimum Gasteiger partial charge on any atom is -0.356 e. The zero-order valence-corrected chi connectivity index (χ0v) is 20.2. The van der Waals surface area contributed by atoms with E-state index < -0.39 is 0 Å². The molecule has 166 valence electrons. The summed E-state index contributed by atoms with van der Waals surface area (Å²) in [7, 11) is 0. The SMILES string of the molecule is Cc1c(N2CCC3(CC2)Cc2ccccc2[C@@H]3C)nc(C)n(-c2cccc(Cl)c2Cl)c1=O. The van der Waals surface area contributed by atoms with E-state index in [1.54, 1.807) is 22.8 Å². The molecule has 3 aromatic rings. The smallest absolute Gasteiger partial charge is 0.263 e. The van der Waals surface area contributed by atoms with Crippen molar-refractivity contribution in [1.29, 1.82) is 0 Å². The number of rotatable bonds is 2. The Bertz CT molecular complexity index is 1260. The number of halogens is 2. The first-order valence-electron chi connectivity index (χ1n) is 11.2. The Hall–Kier alpha value is -2.30. The van der Waals surface area contributed by atoms with Crippen molar-refractivity contribution >= 4 is 29.0 Å². The highest BCUT2D eigenvalue weighted by Gasteiger charge is 2.45. The van der Waals surface area contributed by atoms with E-state index in [2.05, 4.69) is 36.1 Å². The van der Waals surface area contributed by atoms with E-state index in [1.807, 2.05) is 13.8 Å². The molecule has 1 fully saturated rings. The molecule has 1 aliphatic heterocycles. The summed E-state index contributed by atoms with van der Waals surface area (Å²) in [5, 5.41) is 0.785. The standard InChI is InChI=1S/C26H27Cl2N3O/c1-16-24(29-18(3)31(25(16)32)22-10-6-9-21(27)23(22)28)30-13-11-26(12-14-30)15-19-7-4-5-8-20(19)17(26)2/h4-10,17H,11-15H2,1-3H3/t17-/m0/s1. The fraction of sp³-hybridized carbons (Fsp3) is 0.385. The van der Waals surface area contributed by atoms with Gasteiger partial charge in [0.25, 0.3) is 5.56 Å². The maximum atomic E-state index is 13.4. The van der Waals surface area contributed by atoms with Crippen LogP contribution in [0.4, 0.5) is 5.82 Å². The van der Waals surface area contributed by atoms with Crippen LogP contribution in [0.25, 0.3) is 5.69 Å². The molecule has 1 atom stereocenters. The van der Waals surface area contributed by atoms with Gasteiger partial charge >= 0.3 is 0 Å². The van der Waals surface area contributed by atoms with Crippen molar-refractivity contribution in [2.24, 2.45) is 5.41 Å². The summed E-state index contributed by atoms with van der Waals surface area (Å²) in [5.74, 6) is 1.97. The lowest BCUT2D eigenvalue weighted by molar-refractivity contribution is 0.194. The van der Waals surface area contributed by atoms with Gasteiger partial charge in [0.1, 0.15) is 11.6 Å². The summed E-state index contributed by atoms with van der Waals surface area (Å²) < 4.78 is 1.56. The first kappa shape index (κ1) is 21.5. The van der Waals surface area contributed by atoms with Gasteiger partial charge in [0.2, 0.25) is 0 Å². The van der Waals surface area contributed by atoms with Gasteiger partial charge in [-0.1, -0.05) is 60.5 Å². The van der Waals surface area contributed by atoms with Gasteiger partial charge in [-0.25, -0.2) is 4.98 Å². The predicted octanol–water partition coefficient (Wildman–Crippen LogP) is 6.10. The zero-order chi connectivity index (χ0) is 22.6. The lowest BCUT2D eigenvalue weighted by Crippen LogP contribution is -2.43. The molecular weight excluding hydrogens is 441 g/mol. The van der Waals surface area contributed by atoms with E-state index in [-0.39, 0.29) is 5.56 Å². The quantitative estimate of drug-likeness (QED) is 0.456. The van der Waals surface area contributed by atoms with Crippen LogP contribution in [0.5, 0.6) is 0 Å². The molecular formula is C26H27Cl2N3O. The van der Waals surface area contributed by atoms with Crippen molar-refractivity contribution in [3.05, 3.63) is 85.4 Å². The molecule has 5 rings (SSSR count). The highest BCUT2D eigenvalue weighted by atomic mass is 35.5. The van der Waals surface area contributed by atoms with Gasteiger partial charge in [-0.15, -0.1) is 0 Å². The molecule has 2 heterocycles. The third kappa shape index (κ3) is 3.27. The lowest BCUT2D eigenvalue weighted by atomic mass is 9.70. The van der Waals surface area contributed by atoms with E-state index in [9.17, 15) is 4.79 Å². The van der Waals surface area contributed by atoms with E-state index in [0.29, 0.717) is 38.5 Å². The summed E-state index contributed by atoms with van der Waals surface area (Å²) in [6.45, 7) is 7.91. The Morgan fingerprint density at radius 2 is 1.75 bits per heavy atom. The van der Waals surface area contributed by atoms with Crippen LogP contribution in [-0.2, 0) is 6.42 Å². The molecule has 4 nitrogen and oxygen atoms in total. The number of nitrogens with zero attached hydrogens (tertiary/aromatic N) is 3. The largest absolute Gasteiger partial charge is 0.356 e. The van der Waals surface area contributed by atoms with Crippen LogP contribution in [0.1, 0.15) is 48.2 Å². The molecule has 32 heavy (non-hydrogen) atoms. The number of benzene rings is 2. The van der Waals surface area contributed by atoms with Gasteiger partial charge in [-0.2, -0.15) is 0 Å². The summed E-state index contributed by atoms with van der Waals surface area (Å²) >= 11 is 12.6. The van der Waals surface area contributed by atoms with Crippen LogP contribution >= 0.6 is 23.2 Å². The molecule has 0 N–H and O–H groups in total. The third-order valence-electron chi connectivity index (χ3n) is 7.66. The zero-order valence-electron chi connectivity index (χ0n) is 18.7. The number of aromatic nitrogens is 2. The highest BCUT2D eigenvalue weighted by Crippen LogP contribution is 2.53. The van der Waals surface area contributed by atoms with Crippen LogP contribution in [-0.4, -0.2) is 22.6 Å². The van der Waals surface area contributed by atoms with E-state index in [0.717, 1.165) is 38.2 Å². The van der Waals surface area contributed by atoms with Crippen LogP contribution < -0.4 is 10.5 Å². The Morgan fingerprint density at radius 1 is 1.03 bits per heavy atom. The number of piperidine rings is 1. The van der Waals surface area contributed by atoms with Crippen LogP contribution in [0, 0.1) is 19.3 Å². The number of aryl methyl sites for hydroxylation is 1. The predicted molar refractivity (Wildman–Crippen MR) is 132 cm³/mol. The van der Waals surface area contributed by atoms with E-state index in [4.69, 9.17) is 28.2 Å². The second kappa shape index (κ2) is 7.93. The van der Waals surface area contributed by atoms with E-state index in [1.165, 1.54) is 11.1 Å². The molecule has 2 aromatic carbocycles. The van der Waals surface area contributed by atoms with Crippen LogP contribution in [0.2, 0.25) is 10.0 Å². The van der Waals surface area contributed by atoms with Crippen molar-refractivity contribution in [3.8, 4) is 5.69 Å². The highest BCUT2D eigenvalue weighted by molar-refractivity contribution is 6.43. The maximum Gasteiger partial charge on any atom is 0.263 e. The Labute approximate surface area is 198 Å². The molecule has 0 saturated carbocycles. The van der Waals surface area contributed by atoms with Crippen molar-refractivity contribution in [1.82, 2.24) is 9.55 Å². The van der Waals surface area contributed by atoms with Crippen LogP contribution in [0.3, 0.4) is 0 Å². The number of hydrogen-bond donors (Lipinski definition) is 0. The molecule has 6 heteroatoms. The Morgan fingerprint density at radius 3 is 2.47 bits per heavy atom. The van der Waals surface area contributed by atoms with Crippen molar-refractivity contribution in [3.63, 3.8) is 0 Å². The lowest BCUT2D eigenvalue weighted by Gasteiger charge is -2.43. The molecule has 0 amide bonds. The molecule has 1 saturated heterocycles. The fourth-order valence-electron chi connectivity index (χ4n) is 5.71. The second-order valence-electron chi connectivity index (χ2n) is 9.27. The Kier molecular flexibility index (Phi) is 5.34. The maximum absolute atomic E-state index is 13.4. The van der Waals surface area contributed by atoms with Gasteiger partial charge in [-0.3, -0.25) is 9.36 Å². The summed E-state index contributed by atoms with van der Waals surface area (Å²) in [5.41, 5.74) is 4.43. The summed E-state index contributed by atoms with van der Waals surface area (Å²) in [4.78, 5) is 20.5. The average Bonchev–Trinajstić information content (AvgIpc) is 3.06. The molecule has 1 spiro atoms. The first-order chi connectivity index (χ1) is 15.3. The minimum atomic E-state index is -0.0985. The number of fused-ring (bicyclic) bond motifs is 1. The molecule has 1 aliphatic carbocycles. The van der Waals surface area contributed by atoms with Gasteiger partial charge in [0.05, 0.1) is 21.3 Å². The van der Waals surface area contributed by atoms with Gasteiger partial charge in [-0.05, 0) is 67.7 Å². The Balaban J connectivity index is 1.44. The van der Waals surface area contributed by atoms with Crippen molar-refractivity contribution in [2.75, 3.05) is 18.0 Å². The number of anilines is 1. The molecule has 0 radical (unpaired) electrons. The molecule has 0 unspecified atom stereocenters. The normalized spacial score (nSPS) is 19.4. The summed E-state index contributed by atoms with van der Waals surface area (Å²) in [6.07, 6.45) is 3.36. The van der Waals surface area contributed by atoms with E-state index >= 15 is 0 Å². The molecule has 0 bridgehead atoms. The van der Waals surface area contributed by atoms with Gasteiger partial charge in [0.15, 0.2) is 0 Å². The summed E-state index contributed by atoms with van der Waals surface area (Å²) in [6, 6.07) is 14.2. The topological polar surface area (TPSA) is 38.1 Å². The monoisotopic (exact) mass is 467 g/mol.